The molecule has 0 saturated carbocycles. The predicted molar refractivity (Wildman–Crippen MR) is 70.8 cm³/mol. The maximum Gasteiger partial charge on any atom is 0.278 e. The highest BCUT2D eigenvalue weighted by molar-refractivity contribution is 6.29. The average Bonchev–Trinajstić information content (AvgIpc) is 2.87. The second kappa shape index (κ2) is 4.75. The van der Waals surface area contributed by atoms with Crippen LogP contribution in [-0.4, -0.2) is 59.3 Å². The number of fused-ring (bicyclic) bond motifs is 1. The molecular weight excluding hydrogens is 304 g/mol. The Morgan fingerprint density at radius 3 is 2.95 bits per heavy atom. The Kier molecular flexibility index (Phi) is 3.26. The first-order chi connectivity index (χ1) is 9.87. The normalized spacial score (nSPS) is 32.9. The largest absolute Gasteiger partial charge is 0.394 e. The van der Waals surface area contributed by atoms with Crippen LogP contribution in [0.25, 0.3) is 11.2 Å². The molecule has 0 aliphatic carbocycles. The molecule has 0 amide bonds. The molecule has 4 atom stereocenters. The molecule has 2 aromatic rings. The molecular formula is C11H13ClN4O5. The summed E-state index contributed by atoms with van der Waals surface area (Å²) < 4.78 is 6.66. The van der Waals surface area contributed by atoms with Crippen LogP contribution in [-0.2, 0) is 4.74 Å². The topological polar surface area (TPSA) is 133 Å². The Morgan fingerprint density at radius 1 is 1.62 bits per heavy atom. The second-order valence-electron chi connectivity index (χ2n) is 5.03. The fraction of sp³-hybridized carbons (Fsp3) is 0.545. The summed E-state index contributed by atoms with van der Waals surface area (Å²) >= 11 is 6.01. The predicted octanol–water partition coefficient (Wildman–Crippen LogP) is -1.23. The number of aromatic amines is 1. The maximum atomic E-state index is 11.7. The summed E-state index contributed by atoms with van der Waals surface area (Å²) in [6.45, 7) is 0.861. The van der Waals surface area contributed by atoms with Crippen molar-refractivity contribution >= 4 is 22.8 Å². The minimum atomic E-state index is -1.74. The van der Waals surface area contributed by atoms with Crippen LogP contribution in [0.1, 0.15) is 13.2 Å². The Bertz CT molecular complexity index is 742. The molecule has 0 spiro atoms. The third-order valence-corrected chi connectivity index (χ3v) is 3.88. The fourth-order valence-electron chi connectivity index (χ4n) is 2.47. The molecule has 2 aromatic heterocycles. The van der Waals surface area contributed by atoms with Crippen molar-refractivity contribution in [2.75, 3.05) is 6.61 Å². The zero-order valence-corrected chi connectivity index (χ0v) is 11.7. The molecule has 0 aromatic carbocycles. The Balaban J connectivity index is 2.19. The van der Waals surface area contributed by atoms with E-state index in [0.29, 0.717) is 0 Å². The molecule has 10 heteroatoms. The summed E-state index contributed by atoms with van der Waals surface area (Å²) in [7, 11) is 0. The van der Waals surface area contributed by atoms with Crippen molar-refractivity contribution in [3.8, 4) is 0 Å². The number of aromatic nitrogens is 4. The highest BCUT2D eigenvalue weighted by Crippen LogP contribution is 2.40. The lowest BCUT2D eigenvalue weighted by Crippen LogP contribution is -2.44. The monoisotopic (exact) mass is 316 g/mol. The summed E-state index contributed by atoms with van der Waals surface area (Å²) in [4.78, 5) is 21.9. The lowest BCUT2D eigenvalue weighted by atomic mass is 9.96. The lowest BCUT2D eigenvalue weighted by Gasteiger charge is -2.27. The summed E-state index contributed by atoms with van der Waals surface area (Å²) in [5.74, 6) is 0. The van der Waals surface area contributed by atoms with Crippen LogP contribution in [0.4, 0.5) is 0 Å². The van der Waals surface area contributed by atoms with Gasteiger partial charge in [0.15, 0.2) is 17.4 Å². The van der Waals surface area contributed by atoms with Crippen molar-refractivity contribution in [2.45, 2.75) is 31.0 Å². The molecule has 1 aliphatic rings. The maximum absolute atomic E-state index is 11.7. The third kappa shape index (κ3) is 1.97. The van der Waals surface area contributed by atoms with Gasteiger partial charge < -0.3 is 25.0 Å². The van der Waals surface area contributed by atoms with Gasteiger partial charge in [-0.2, -0.15) is 0 Å². The van der Waals surface area contributed by atoms with Gasteiger partial charge in [-0.25, -0.2) is 9.97 Å². The molecule has 1 unspecified atom stereocenters. The molecule has 1 fully saturated rings. The van der Waals surface area contributed by atoms with Crippen molar-refractivity contribution in [3.05, 3.63) is 22.0 Å². The SMILES string of the molecule is CC1(O)[C@@H](O)[C@@H](CO)O[C@H]1n1c(Cl)nc2c(=O)[nH]cnc21. The quantitative estimate of drug-likeness (QED) is 0.510. The first kappa shape index (κ1) is 14.4. The molecule has 3 rings (SSSR count). The van der Waals surface area contributed by atoms with Gasteiger partial charge in [0.25, 0.3) is 5.56 Å². The number of aliphatic hydroxyl groups excluding tert-OH is 2. The van der Waals surface area contributed by atoms with Crippen LogP contribution in [0.15, 0.2) is 11.1 Å². The number of imidazole rings is 1. The summed E-state index contributed by atoms with van der Waals surface area (Å²) in [6, 6.07) is 0. The molecule has 0 radical (unpaired) electrons. The molecule has 1 saturated heterocycles. The van der Waals surface area contributed by atoms with E-state index in [-0.39, 0.29) is 16.4 Å². The van der Waals surface area contributed by atoms with Crippen LogP contribution in [0.3, 0.4) is 0 Å². The van der Waals surface area contributed by atoms with Crippen LogP contribution < -0.4 is 5.56 Å². The minimum absolute atomic E-state index is 0.0103. The molecule has 114 valence electrons. The van der Waals surface area contributed by atoms with E-state index in [9.17, 15) is 20.1 Å². The highest BCUT2D eigenvalue weighted by atomic mass is 35.5. The number of hydrogen-bond donors (Lipinski definition) is 4. The molecule has 0 bridgehead atoms. The number of rotatable bonds is 2. The van der Waals surface area contributed by atoms with Gasteiger partial charge in [-0.3, -0.25) is 9.36 Å². The number of halogens is 1. The van der Waals surface area contributed by atoms with Crippen molar-refractivity contribution in [2.24, 2.45) is 0 Å². The van der Waals surface area contributed by atoms with E-state index < -0.39 is 36.2 Å². The van der Waals surface area contributed by atoms with Crippen LogP contribution in [0.5, 0.6) is 0 Å². The molecule has 3 heterocycles. The number of nitrogens with zero attached hydrogens (tertiary/aromatic N) is 3. The number of ether oxygens (including phenoxy) is 1. The van der Waals surface area contributed by atoms with Crippen LogP contribution in [0.2, 0.25) is 5.28 Å². The number of aliphatic hydroxyl groups is 3. The highest BCUT2D eigenvalue weighted by Gasteiger charge is 2.53. The lowest BCUT2D eigenvalue weighted by molar-refractivity contribution is -0.0949. The van der Waals surface area contributed by atoms with E-state index in [2.05, 4.69) is 15.0 Å². The van der Waals surface area contributed by atoms with E-state index in [1.54, 1.807) is 0 Å². The number of hydrogen-bond acceptors (Lipinski definition) is 7. The summed E-state index contributed by atoms with van der Waals surface area (Å²) in [5.41, 5.74) is -2.13. The molecule has 9 nitrogen and oxygen atoms in total. The van der Waals surface area contributed by atoms with Gasteiger partial charge in [-0.05, 0) is 18.5 Å². The number of H-pyrrole nitrogens is 1. The Hall–Kier alpha value is -1.52. The van der Waals surface area contributed by atoms with Crippen molar-refractivity contribution in [1.29, 1.82) is 0 Å². The van der Waals surface area contributed by atoms with Gasteiger partial charge in [0.2, 0.25) is 5.28 Å². The zero-order chi connectivity index (χ0) is 15.4. The van der Waals surface area contributed by atoms with E-state index in [1.165, 1.54) is 17.8 Å². The molecule has 21 heavy (non-hydrogen) atoms. The zero-order valence-electron chi connectivity index (χ0n) is 10.9. The Morgan fingerprint density at radius 2 is 2.33 bits per heavy atom. The standard InChI is InChI=1S/C11H13ClN4O5/c1-11(20)6(18)4(2-17)21-9(11)16-7-5(15-10(16)12)8(19)14-3-13-7/h3-4,6,9,17-18,20H,2H2,1H3,(H,13,14,19)/t4-,6+,9-,11?/m1/s1. The average molecular weight is 317 g/mol. The van der Waals surface area contributed by atoms with Crippen molar-refractivity contribution in [1.82, 2.24) is 19.5 Å². The van der Waals surface area contributed by atoms with Gasteiger partial charge in [-0.1, -0.05) is 0 Å². The van der Waals surface area contributed by atoms with Crippen LogP contribution >= 0.6 is 11.6 Å². The van der Waals surface area contributed by atoms with E-state index >= 15 is 0 Å². The van der Waals surface area contributed by atoms with Gasteiger partial charge in [0.1, 0.15) is 17.8 Å². The smallest absolute Gasteiger partial charge is 0.278 e. The van der Waals surface area contributed by atoms with E-state index in [4.69, 9.17) is 16.3 Å². The first-order valence-electron chi connectivity index (χ1n) is 6.15. The van der Waals surface area contributed by atoms with Gasteiger partial charge in [-0.15, -0.1) is 0 Å². The summed E-state index contributed by atoms with van der Waals surface area (Å²) in [6.07, 6.45) is -2.29. The summed E-state index contributed by atoms with van der Waals surface area (Å²) in [5, 5.41) is 29.5. The first-order valence-corrected chi connectivity index (χ1v) is 6.53. The van der Waals surface area contributed by atoms with Gasteiger partial charge in [0, 0.05) is 0 Å². The van der Waals surface area contributed by atoms with Gasteiger partial charge in [0.05, 0.1) is 12.9 Å². The third-order valence-electron chi connectivity index (χ3n) is 3.61. The van der Waals surface area contributed by atoms with E-state index in [1.807, 2.05) is 0 Å². The second-order valence-corrected chi connectivity index (χ2v) is 5.37. The van der Waals surface area contributed by atoms with E-state index in [0.717, 1.165) is 0 Å². The Labute approximate surface area is 122 Å². The van der Waals surface area contributed by atoms with Gasteiger partial charge >= 0.3 is 0 Å². The molecule has 4 N–H and O–H groups in total. The van der Waals surface area contributed by atoms with Crippen molar-refractivity contribution < 1.29 is 20.1 Å². The van der Waals surface area contributed by atoms with Crippen LogP contribution in [0, 0.1) is 0 Å². The molecule has 1 aliphatic heterocycles. The number of nitrogens with one attached hydrogen (secondary N) is 1. The fourth-order valence-corrected chi connectivity index (χ4v) is 2.72. The minimum Gasteiger partial charge on any atom is -0.394 e. The van der Waals surface area contributed by atoms with Crippen molar-refractivity contribution in [3.63, 3.8) is 0 Å².